The number of esters is 1. The number of amides is 2. The van der Waals surface area contributed by atoms with Gasteiger partial charge in [0.05, 0.1) is 18.9 Å². The molecule has 0 unspecified atom stereocenters. The zero-order chi connectivity index (χ0) is 23.8. The van der Waals surface area contributed by atoms with Gasteiger partial charge in [-0.15, -0.1) is 0 Å². The van der Waals surface area contributed by atoms with Crippen molar-refractivity contribution in [2.75, 3.05) is 12.4 Å². The van der Waals surface area contributed by atoms with Gasteiger partial charge in [-0.05, 0) is 66.2 Å². The van der Waals surface area contributed by atoms with Crippen LogP contribution in [0.3, 0.4) is 0 Å². The number of ether oxygens (including phenoxy) is 2. The van der Waals surface area contributed by atoms with E-state index >= 15 is 0 Å². The summed E-state index contributed by atoms with van der Waals surface area (Å²) >= 11 is 3.30. The summed E-state index contributed by atoms with van der Waals surface area (Å²) in [7, 11) is 1.41. The van der Waals surface area contributed by atoms with Crippen LogP contribution in [0, 0.1) is 5.82 Å². The van der Waals surface area contributed by atoms with Crippen molar-refractivity contribution in [2.24, 2.45) is 5.10 Å². The number of anilines is 1. The maximum absolute atomic E-state index is 12.9. The van der Waals surface area contributed by atoms with Gasteiger partial charge in [-0.2, -0.15) is 5.10 Å². The molecule has 3 aromatic rings. The molecule has 0 saturated carbocycles. The van der Waals surface area contributed by atoms with Gasteiger partial charge in [0.25, 0.3) is 0 Å². The van der Waals surface area contributed by atoms with E-state index in [1.54, 1.807) is 30.3 Å². The van der Waals surface area contributed by atoms with E-state index in [9.17, 15) is 18.8 Å². The molecule has 0 radical (unpaired) electrons. The molecule has 8 nitrogen and oxygen atoms in total. The zero-order valence-corrected chi connectivity index (χ0v) is 18.8. The van der Waals surface area contributed by atoms with Crippen molar-refractivity contribution >= 4 is 45.6 Å². The van der Waals surface area contributed by atoms with Crippen molar-refractivity contribution in [3.05, 3.63) is 88.1 Å². The lowest BCUT2D eigenvalue weighted by Gasteiger charge is -2.10. The van der Waals surface area contributed by atoms with Gasteiger partial charge in [0.1, 0.15) is 5.82 Å². The Bertz CT molecular complexity index is 1210. The third-order valence-electron chi connectivity index (χ3n) is 4.14. The van der Waals surface area contributed by atoms with E-state index in [2.05, 4.69) is 31.8 Å². The fraction of sp³-hybridized carbons (Fsp3) is 0.0435. The average Bonchev–Trinajstić information content (AvgIpc) is 2.81. The molecule has 2 amide bonds. The fourth-order valence-corrected chi connectivity index (χ4v) is 2.96. The molecular weight excluding hydrogens is 497 g/mol. The Labute approximate surface area is 196 Å². The van der Waals surface area contributed by atoms with Crippen LogP contribution >= 0.6 is 15.9 Å². The number of hydrogen-bond donors (Lipinski definition) is 2. The van der Waals surface area contributed by atoms with E-state index in [-0.39, 0.29) is 17.2 Å². The van der Waals surface area contributed by atoms with Crippen molar-refractivity contribution in [3.63, 3.8) is 0 Å². The summed E-state index contributed by atoms with van der Waals surface area (Å²) in [5.41, 5.74) is 3.22. The first-order valence-electron chi connectivity index (χ1n) is 9.41. The molecule has 168 valence electrons. The maximum atomic E-state index is 12.9. The standard InChI is InChI=1S/C23H17BrFN3O5/c1-32-20-11-14(5-10-19(20)33-23(31)15-3-2-4-16(24)12-15)13-26-28-22(30)21(29)27-18-8-6-17(25)7-9-18/h2-13H,1H3,(H,27,29)(H,28,30)/b26-13-. The van der Waals surface area contributed by atoms with E-state index < -0.39 is 23.6 Å². The van der Waals surface area contributed by atoms with Gasteiger partial charge in [0.2, 0.25) is 0 Å². The highest BCUT2D eigenvalue weighted by Crippen LogP contribution is 2.28. The molecule has 0 spiro atoms. The number of hydrogen-bond acceptors (Lipinski definition) is 6. The number of methoxy groups -OCH3 is 1. The van der Waals surface area contributed by atoms with Crippen molar-refractivity contribution in [1.29, 1.82) is 0 Å². The Kier molecular flexibility index (Phi) is 7.87. The molecule has 2 N–H and O–H groups in total. The van der Waals surface area contributed by atoms with Gasteiger partial charge in [-0.1, -0.05) is 22.0 Å². The van der Waals surface area contributed by atoms with E-state index in [4.69, 9.17) is 9.47 Å². The number of hydrazone groups is 1. The molecule has 10 heteroatoms. The van der Waals surface area contributed by atoms with Crippen LogP contribution in [0.15, 0.2) is 76.3 Å². The second-order valence-corrected chi connectivity index (χ2v) is 7.39. The summed E-state index contributed by atoms with van der Waals surface area (Å²) in [5, 5.41) is 6.04. The number of nitrogens with zero attached hydrogens (tertiary/aromatic N) is 1. The Hall–Kier alpha value is -4.05. The Morgan fingerprint density at radius 2 is 1.73 bits per heavy atom. The predicted octanol–water partition coefficient (Wildman–Crippen LogP) is 3.90. The van der Waals surface area contributed by atoms with Crippen molar-refractivity contribution in [3.8, 4) is 11.5 Å². The lowest BCUT2D eigenvalue weighted by molar-refractivity contribution is -0.136. The number of nitrogens with one attached hydrogen (secondary N) is 2. The molecule has 0 aromatic heterocycles. The zero-order valence-electron chi connectivity index (χ0n) is 17.2. The molecule has 0 heterocycles. The van der Waals surface area contributed by atoms with E-state index in [1.807, 2.05) is 0 Å². The molecule has 0 aliphatic rings. The number of carbonyl (C=O) groups is 3. The third kappa shape index (κ3) is 6.71. The summed E-state index contributed by atoms with van der Waals surface area (Å²) < 4.78 is 24.3. The van der Waals surface area contributed by atoms with Crippen LogP contribution in [-0.2, 0) is 9.59 Å². The maximum Gasteiger partial charge on any atom is 0.343 e. The summed E-state index contributed by atoms with van der Waals surface area (Å²) in [6.07, 6.45) is 1.28. The van der Waals surface area contributed by atoms with E-state index in [0.29, 0.717) is 11.1 Å². The molecule has 0 bridgehead atoms. The first-order valence-corrected chi connectivity index (χ1v) is 10.2. The molecule has 0 atom stereocenters. The summed E-state index contributed by atoms with van der Waals surface area (Å²) in [4.78, 5) is 36.1. The van der Waals surface area contributed by atoms with E-state index in [0.717, 1.165) is 16.6 Å². The van der Waals surface area contributed by atoms with Crippen LogP contribution in [0.4, 0.5) is 10.1 Å². The average molecular weight is 514 g/mol. The normalized spacial score (nSPS) is 10.5. The fourth-order valence-electron chi connectivity index (χ4n) is 2.56. The largest absolute Gasteiger partial charge is 0.493 e. The van der Waals surface area contributed by atoms with Crippen LogP contribution < -0.4 is 20.2 Å². The van der Waals surface area contributed by atoms with Gasteiger partial charge in [0.15, 0.2) is 11.5 Å². The van der Waals surface area contributed by atoms with Gasteiger partial charge in [0, 0.05) is 10.2 Å². The second kappa shape index (κ2) is 11.0. The first-order chi connectivity index (χ1) is 15.9. The molecule has 0 fully saturated rings. The van der Waals surface area contributed by atoms with Gasteiger partial charge in [-0.3, -0.25) is 9.59 Å². The molecule has 0 aliphatic carbocycles. The first kappa shape index (κ1) is 23.6. The topological polar surface area (TPSA) is 106 Å². The molecule has 3 rings (SSSR count). The van der Waals surface area contributed by atoms with Crippen LogP contribution in [-0.4, -0.2) is 31.1 Å². The molecule has 0 aliphatic heterocycles. The minimum absolute atomic E-state index is 0.197. The lowest BCUT2D eigenvalue weighted by Crippen LogP contribution is -2.32. The number of carbonyl (C=O) groups excluding carboxylic acids is 3. The van der Waals surface area contributed by atoms with E-state index in [1.165, 1.54) is 37.6 Å². The number of halogens is 2. The van der Waals surface area contributed by atoms with Crippen molar-refractivity contribution < 1.29 is 28.2 Å². The minimum atomic E-state index is -1.01. The van der Waals surface area contributed by atoms with Gasteiger partial charge < -0.3 is 14.8 Å². The highest BCUT2D eigenvalue weighted by Gasteiger charge is 2.14. The summed E-state index contributed by atoms with van der Waals surface area (Å²) in [5.74, 6) is -2.54. The van der Waals surface area contributed by atoms with Crippen LogP contribution in [0.25, 0.3) is 0 Å². The second-order valence-electron chi connectivity index (χ2n) is 6.47. The lowest BCUT2D eigenvalue weighted by atomic mass is 10.2. The minimum Gasteiger partial charge on any atom is -0.493 e. The quantitative estimate of drug-likeness (QED) is 0.171. The molecule has 3 aromatic carbocycles. The Morgan fingerprint density at radius 3 is 2.42 bits per heavy atom. The SMILES string of the molecule is COc1cc(/C=N\NC(=O)C(=O)Nc2ccc(F)cc2)ccc1OC(=O)c1cccc(Br)c1. The highest BCUT2D eigenvalue weighted by atomic mass is 79.9. The van der Waals surface area contributed by atoms with Gasteiger partial charge >= 0.3 is 17.8 Å². The Balaban J connectivity index is 1.60. The van der Waals surface area contributed by atoms with Crippen molar-refractivity contribution in [2.45, 2.75) is 0 Å². The molecule has 0 saturated heterocycles. The number of benzene rings is 3. The van der Waals surface area contributed by atoms with Crippen LogP contribution in [0.1, 0.15) is 15.9 Å². The molecular formula is C23H17BrFN3O5. The molecule has 33 heavy (non-hydrogen) atoms. The predicted molar refractivity (Wildman–Crippen MR) is 123 cm³/mol. The summed E-state index contributed by atoms with van der Waals surface area (Å²) in [6.45, 7) is 0. The summed E-state index contributed by atoms with van der Waals surface area (Å²) in [6, 6.07) is 16.3. The van der Waals surface area contributed by atoms with Gasteiger partial charge in [-0.25, -0.2) is 14.6 Å². The Morgan fingerprint density at radius 1 is 0.970 bits per heavy atom. The van der Waals surface area contributed by atoms with Crippen molar-refractivity contribution in [1.82, 2.24) is 5.43 Å². The monoisotopic (exact) mass is 513 g/mol. The smallest absolute Gasteiger partial charge is 0.343 e. The highest BCUT2D eigenvalue weighted by molar-refractivity contribution is 9.10. The van der Waals surface area contributed by atoms with Crippen LogP contribution in [0.5, 0.6) is 11.5 Å². The van der Waals surface area contributed by atoms with Crippen LogP contribution in [0.2, 0.25) is 0 Å². The third-order valence-corrected chi connectivity index (χ3v) is 4.63. The number of rotatable bonds is 6.